The molecule has 5 heteroatoms. The highest BCUT2D eigenvalue weighted by Gasteiger charge is 2.43. The molecule has 1 aliphatic heterocycles. The first kappa shape index (κ1) is 27.5. The predicted octanol–water partition coefficient (Wildman–Crippen LogP) is 8.44. The topological polar surface area (TPSA) is 55.8 Å². The minimum absolute atomic E-state index is 0.0796. The number of rotatable bonds is 10. The number of cyclic esters (lactones) is 1. The molecule has 1 unspecified atom stereocenters. The van der Waals surface area contributed by atoms with Gasteiger partial charge in [0.05, 0.1) is 6.42 Å². The Hall–Kier alpha value is -3.57. The standard InChI is InChI=1S/C33H38O4Si/c1-5-20-33(27-16-10-7-11-17-27)23-30(34)31(32(35)37-33)29(19-21-38(2,3)4)26-15-12-18-28(22-26)36-24-25-13-8-6-9-14-25/h6-19,22,34H,5,20-21,23-24H2,1-4H3. The van der Waals surface area contributed by atoms with Crippen molar-refractivity contribution in [2.45, 2.75) is 64.1 Å². The number of aliphatic hydroxyl groups excluding tert-OH is 1. The van der Waals surface area contributed by atoms with Crippen molar-refractivity contribution < 1.29 is 19.4 Å². The van der Waals surface area contributed by atoms with Gasteiger partial charge in [0.2, 0.25) is 0 Å². The molecule has 1 N–H and O–H groups in total. The molecule has 3 aromatic rings. The van der Waals surface area contributed by atoms with Crippen LogP contribution in [0.5, 0.6) is 5.75 Å². The molecule has 0 spiro atoms. The number of benzene rings is 3. The second-order valence-corrected chi connectivity index (χ2v) is 16.7. The van der Waals surface area contributed by atoms with Crippen LogP contribution in [0.15, 0.2) is 102 Å². The molecule has 0 fully saturated rings. The minimum Gasteiger partial charge on any atom is -0.511 e. The van der Waals surface area contributed by atoms with Crippen molar-refractivity contribution in [3.05, 3.63) is 119 Å². The van der Waals surface area contributed by atoms with Gasteiger partial charge in [-0.25, -0.2) is 4.79 Å². The third-order valence-electron chi connectivity index (χ3n) is 6.77. The quantitative estimate of drug-likeness (QED) is 0.213. The Bertz CT molecular complexity index is 1310. The van der Waals surface area contributed by atoms with Crippen molar-refractivity contribution in [2.24, 2.45) is 0 Å². The lowest BCUT2D eigenvalue weighted by Gasteiger charge is -2.38. The fraction of sp³-hybridized carbons (Fsp3) is 0.303. The Balaban J connectivity index is 1.72. The number of hydrogen-bond acceptors (Lipinski definition) is 4. The first-order chi connectivity index (χ1) is 18.2. The number of carbonyl (C=O) groups excluding carboxylic acids is 1. The third kappa shape index (κ3) is 6.64. The van der Waals surface area contributed by atoms with Crippen LogP contribution in [0.3, 0.4) is 0 Å². The largest absolute Gasteiger partial charge is 0.511 e. The van der Waals surface area contributed by atoms with Gasteiger partial charge in [-0.3, -0.25) is 0 Å². The molecule has 4 nitrogen and oxygen atoms in total. The van der Waals surface area contributed by atoms with E-state index < -0.39 is 19.6 Å². The Labute approximate surface area is 227 Å². The molecule has 38 heavy (non-hydrogen) atoms. The van der Waals surface area contributed by atoms with Crippen LogP contribution < -0.4 is 4.74 Å². The van der Waals surface area contributed by atoms with Crippen molar-refractivity contribution in [2.75, 3.05) is 0 Å². The zero-order chi connectivity index (χ0) is 27.2. The average molecular weight is 527 g/mol. The van der Waals surface area contributed by atoms with Gasteiger partial charge in [-0.05, 0) is 46.9 Å². The number of hydrogen-bond donors (Lipinski definition) is 1. The summed E-state index contributed by atoms with van der Waals surface area (Å²) in [7, 11) is -1.49. The third-order valence-corrected chi connectivity index (χ3v) is 8.20. The maximum atomic E-state index is 13.7. The van der Waals surface area contributed by atoms with Crippen LogP contribution >= 0.6 is 0 Å². The van der Waals surface area contributed by atoms with Gasteiger partial charge in [-0.1, -0.05) is 112 Å². The van der Waals surface area contributed by atoms with Gasteiger partial charge in [0.1, 0.15) is 29.3 Å². The molecule has 0 saturated carbocycles. The Morgan fingerprint density at radius 3 is 2.32 bits per heavy atom. The number of carbonyl (C=O) groups is 1. The summed E-state index contributed by atoms with van der Waals surface area (Å²) < 4.78 is 12.3. The molecule has 0 aliphatic carbocycles. The summed E-state index contributed by atoms with van der Waals surface area (Å²) in [6.07, 6.45) is 3.81. The molecule has 0 bridgehead atoms. The number of ether oxygens (including phenoxy) is 2. The molecular weight excluding hydrogens is 488 g/mol. The van der Waals surface area contributed by atoms with Crippen LogP contribution in [-0.4, -0.2) is 19.1 Å². The molecular formula is C33H38O4Si. The highest BCUT2D eigenvalue weighted by atomic mass is 28.3. The first-order valence-electron chi connectivity index (χ1n) is 13.4. The molecule has 198 valence electrons. The highest BCUT2D eigenvalue weighted by molar-refractivity contribution is 6.76. The molecule has 4 rings (SSSR count). The summed E-state index contributed by atoms with van der Waals surface area (Å²) in [4.78, 5) is 13.7. The van der Waals surface area contributed by atoms with E-state index in [0.29, 0.717) is 24.4 Å². The average Bonchev–Trinajstić information content (AvgIpc) is 2.90. The molecule has 0 amide bonds. The van der Waals surface area contributed by atoms with Gasteiger partial charge >= 0.3 is 5.97 Å². The van der Waals surface area contributed by atoms with Crippen LogP contribution in [0.4, 0.5) is 0 Å². The summed E-state index contributed by atoms with van der Waals surface area (Å²) >= 11 is 0. The summed E-state index contributed by atoms with van der Waals surface area (Å²) in [6, 6.07) is 28.4. The van der Waals surface area contributed by atoms with E-state index in [0.717, 1.165) is 29.2 Å². The summed E-state index contributed by atoms with van der Waals surface area (Å²) in [5.41, 5.74) is 2.91. The van der Waals surface area contributed by atoms with Gasteiger partial charge in [0.25, 0.3) is 0 Å². The normalized spacial score (nSPS) is 18.3. The fourth-order valence-corrected chi connectivity index (χ4v) is 5.68. The van der Waals surface area contributed by atoms with E-state index in [-0.39, 0.29) is 17.8 Å². The molecule has 3 aromatic carbocycles. The van der Waals surface area contributed by atoms with Crippen molar-refractivity contribution in [3.8, 4) is 5.75 Å². The maximum Gasteiger partial charge on any atom is 0.343 e. The van der Waals surface area contributed by atoms with E-state index in [1.54, 1.807) is 0 Å². The van der Waals surface area contributed by atoms with E-state index in [1.165, 1.54) is 0 Å². The lowest BCUT2D eigenvalue weighted by Crippen LogP contribution is -2.38. The van der Waals surface area contributed by atoms with E-state index in [4.69, 9.17) is 9.47 Å². The fourth-order valence-electron chi connectivity index (χ4n) is 4.86. The Kier molecular flexibility index (Phi) is 8.57. The summed E-state index contributed by atoms with van der Waals surface area (Å²) in [6.45, 7) is 9.38. The Morgan fingerprint density at radius 1 is 1.00 bits per heavy atom. The monoisotopic (exact) mass is 526 g/mol. The van der Waals surface area contributed by atoms with E-state index in [2.05, 4.69) is 32.6 Å². The minimum atomic E-state index is -1.49. The van der Waals surface area contributed by atoms with Crippen molar-refractivity contribution in [1.82, 2.24) is 0 Å². The van der Waals surface area contributed by atoms with E-state index in [1.807, 2.05) is 84.9 Å². The zero-order valence-corrected chi connectivity index (χ0v) is 23.9. The van der Waals surface area contributed by atoms with Gasteiger partial charge in [-0.15, -0.1) is 0 Å². The van der Waals surface area contributed by atoms with Crippen LogP contribution in [0.1, 0.15) is 42.9 Å². The smallest absolute Gasteiger partial charge is 0.343 e. The molecule has 1 atom stereocenters. The van der Waals surface area contributed by atoms with Gasteiger partial charge < -0.3 is 14.6 Å². The number of aliphatic hydroxyl groups is 1. The predicted molar refractivity (Wildman–Crippen MR) is 157 cm³/mol. The second-order valence-electron chi connectivity index (χ2n) is 11.2. The number of esters is 1. The molecule has 1 heterocycles. The lowest BCUT2D eigenvalue weighted by molar-refractivity contribution is -0.160. The molecule has 0 saturated heterocycles. The Morgan fingerprint density at radius 2 is 1.68 bits per heavy atom. The second kappa shape index (κ2) is 11.9. The highest BCUT2D eigenvalue weighted by Crippen LogP contribution is 2.44. The van der Waals surface area contributed by atoms with Crippen molar-refractivity contribution in [3.63, 3.8) is 0 Å². The van der Waals surface area contributed by atoms with Crippen molar-refractivity contribution >= 4 is 19.6 Å². The van der Waals surface area contributed by atoms with Gasteiger partial charge in [0, 0.05) is 8.07 Å². The summed E-state index contributed by atoms with van der Waals surface area (Å²) in [5, 5.41) is 11.5. The lowest BCUT2D eigenvalue weighted by atomic mass is 9.81. The van der Waals surface area contributed by atoms with Crippen LogP contribution in [-0.2, 0) is 21.7 Å². The van der Waals surface area contributed by atoms with Crippen LogP contribution in [0.2, 0.25) is 25.7 Å². The van der Waals surface area contributed by atoms with Gasteiger partial charge in [-0.2, -0.15) is 0 Å². The zero-order valence-electron chi connectivity index (χ0n) is 22.9. The van der Waals surface area contributed by atoms with E-state index >= 15 is 0 Å². The van der Waals surface area contributed by atoms with Crippen LogP contribution in [0, 0.1) is 0 Å². The molecule has 0 radical (unpaired) electrons. The van der Waals surface area contributed by atoms with Crippen molar-refractivity contribution in [1.29, 1.82) is 0 Å². The SMILES string of the molecule is CCCC1(c2ccccc2)CC(O)=C(C(=CC[Si](C)(C)C)c2cccc(OCc3ccccc3)c2)C(=O)O1. The molecule has 0 aromatic heterocycles. The van der Waals surface area contributed by atoms with E-state index in [9.17, 15) is 9.90 Å². The first-order valence-corrected chi connectivity index (χ1v) is 17.1. The summed E-state index contributed by atoms with van der Waals surface area (Å²) in [5.74, 6) is 0.304. The van der Waals surface area contributed by atoms with Crippen LogP contribution in [0.25, 0.3) is 5.57 Å². The maximum absolute atomic E-state index is 13.7. The molecule has 1 aliphatic rings. The van der Waals surface area contributed by atoms with Gasteiger partial charge in [0.15, 0.2) is 0 Å². The number of allylic oxidation sites excluding steroid dienone is 1.